The maximum atomic E-state index is 15.1. The second kappa shape index (κ2) is 29.0. The molecule has 2 aliphatic carbocycles. The van der Waals surface area contributed by atoms with Gasteiger partial charge in [-0.3, -0.25) is 52.7 Å². The van der Waals surface area contributed by atoms with Gasteiger partial charge in [-0.15, -0.1) is 0 Å². The number of alkyl halides is 3. The molecule has 1 unspecified atom stereocenters. The number of carbonyl (C=O) groups is 11. The highest BCUT2D eigenvalue weighted by Crippen LogP contribution is 2.37. The van der Waals surface area contributed by atoms with E-state index >= 15 is 4.79 Å². The predicted octanol–water partition coefficient (Wildman–Crippen LogP) is 3.11. The van der Waals surface area contributed by atoms with Crippen molar-refractivity contribution in [3.63, 3.8) is 0 Å². The first-order valence-corrected chi connectivity index (χ1v) is 29.6. The fraction of sp³-hybridized carbons (Fsp3) is 0.707. The Labute approximate surface area is 495 Å². The molecule has 0 bridgehead atoms. The van der Waals surface area contributed by atoms with Crippen LogP contribution in [0.1, 0.15) is 136 Å². The standard InChI is InChI=1S/C58H87ClF3N11O11/c1-13-33(2)47-55(83)68(8)31-45(75)67(7)32-46(76)70(10)37(6)53(81)71(11)36(5)49(77)64-42(25-23-38-22-24-40(41(59)30-38)58(60,61)62)54(82)73-28-18-21-43(73)51(79)66-57(26-16-17-27-57)56(84)72(12)48(39-19-14-15-20-39)52(80)63-34(3)29-44(74)69(9)35(4)50(78)65-47/h22,24,30,33-37,39,42-43,47-48H,13-21,23,25-29,31-32H2,1-12H3,(H,63,80)(H,64,77)(H,65,78)(H,66,79)/t33?,34-,35+,36-,37+,42+,43+,47+,48+/m1/s1. The molecule has 468 valence electrons. The van der Waals surface area contributed by atoms with Gasteiger partial charge < -0.3 is 55.6 Å². The Morgan fingerprint density at radius 1 is 0.643 bits per heavy atom. The van der Waals surface area contributed by atoms with Gasteiger partial charge in [0, 0.05) is 61.3 Å². The molecule has 1 spiro atoms. The Kier molecular flexibility index (Phi) is 23.6. The van der Waals surface area contributed by atoms with Gasteiger partial charge in [0.2, 0.25) is 65.0 Å². The zero-order valence-electron chi connectivity index (χ0n) is 50.7. The molecule has 0 radical (unpaired) electrons. The van der Waals surface area contributed by atoms with Gasteiger partial charge in [-0.1, -0.05) is 63.6 Å². The van der Waals surface area contributed by atoms with Gasteiger partial charge in [-0.25, -0.2) is 0 Å². The summed E-state index contributed by atoms with van der Waals surface area (Å²) in [6.45, 7) is 8.51. The lowest BCUT2D eigenvalue weighted by Gasteiger charge is -2.40. The van der Waals surface area contributed by atoms with Crippen LogP contribution in [0.4, 0.5) is 13.2 Å². The Morgan fingerprint density at radius 2 is 1.23 bits per heavy atom. The lowest BCUT2D eigenvalue weighted by atomic mass is 9.90. The average Bonchev–Trinajstić information content (AvgIpc) is 3.27. The molecule has 0 aromatic heterocycles. The maximum Gasteiger partial charge on any atom is 0.417 e. The molecule has 9 atom stereocenters. The fourth-order valence-corrected chi connectivity index (χ4v) is 12.0. The van der Waals surface area contributed by atoms with Crippen molar-refractivity contribution in [2.24, 2.45) is 11.8 Å². The Balaban J connectivity index is 1.50. The highest BCUT2D eigenvalue weighted by Gasteiger charge is 2.50. The molecule has 22 nitrogen and oxygen atoms in total. The first-order chi connectivity index (χ1) is 39.3. The van der Waals surface area contributed by atoms with Gasteiger partial charge in [0.05, 0.1) is 23.7 Å². The summed E-state index contributed by atoms with van der Waals surface area (Å²) in [6, 6.07) is -5.92. The topological polar surface area (TPSA) is 259 Å². The van der Waals surface area contributed by atoms with Crippen LogP contribution in [0.3, 0.4) is 0 Å². The van der Waals surface area contributed by atoms with Gasteiger partial charge >= 0.3 is 6.18 Å². The van der Waals surface area contributed by atoms with E-state index in [-0.39, 0.29) is 51.0 Å². The maximum absolute atomic E-state index is 15.1. The number of fused-ring (bicyclic) bond motifs is 1. The van der Waals surface area contributed by atoms with Crippen LogP contribution in [0.5, 0.6) is 0 Å². The molecule has 2 saturated heterocycles. The van der Waals surface area contributed by atoms with E-state index in [9.17, 15) is 61.1 Å². The largest absolute Gasteiger partial charge is 0.417 e. The fourth-order valence-electron chi connectivity index (χ4n) is 11.7. The smallest absolute Gasteiger partial charge is 0.351 e. The number of aryl methyl sites for hydroxylation is 1. The summed E-state index contributed by atoms with van der Waals surface area (Å²) in [4.78, 5) is 165. The number of halogens is 4. The second-order valence-corrected chi connectivity index (χ2v) is 24.1. The molecule has 26 heteroatoms. The lowest BCUT2D eigenvalue weighted by molar-refractivity contribution is -0.150. The first kappa shape index (κ1) is 68.3. The molecule has 84 heavy (non-hydrogen) atoms. The Hall–Kier alpha value is -6.53. The summed E-state index contributed by atoms with van der Waals surface area (Å²) in [5.74, 6) is -7.70. The van der Waals surface area contributed by atoms with Crippen molar-refractivity contribution in [2.75, 3.05) is 61.9 Å². The minimum absolute atomic E-state index is 0.0584. The molecule has 2 aliphatic heterocycles. The molecule has 1 aromatic carbocycles. The molecule has 2 saturated carbocycles. The quantitative estimate of drug-likeness (QED) is 0.322. The number of likely N-dealkylation sites (N-methyl/N-ethyl adjacent to an activating group) is 6. The molecule has 4 N–H and O–H groups in total. The van der Waals surface area contributed by atoms with Gasteiger partial charge in [0.25, 0.3) is 0 Å². The highest BCUT2D eigenvalue weighted by molar-refractivity contribution is 6.31. The van der Waals surface area contributed by atoms with Crippen LogP contribution in [0, 0.1) is 11.8 Å². The Morgan fingerprint density at radius 3 is 1.82 bits per heavy atom. The van der Waals surface area contributed by atoms with Crippen LogP contribution in [-0.4, -0.2) is 215 Å². The molecule has 1 aromatic rings. The van der Waals surface area contributed by atoms with Crippen LogP contribution in [0.25, 0.3) is 0 Å². The SMILES string of the molecule is CCC(C)[C@@H]1NC(=O)[C@H](C)N(C)C(=O)C[C@@H](C)NC(=O)[C@H](C2CCCC2)N(C)C(=O)C2(CCCC2)NC(=O)[C@@H]2CCCN2C(=O)[C@H](CCc2ccc(C(F)(F)F)c(Cl)c2)NC(=O)[C@@H](C)N(C)C(=O)[C@H](C)N(C)C(=O)CN(C)C(=O)CN(C)C1=O. The van der Waals surface area contributed by atoms with E-state index in [1.54, 1.807) is 13.8 Å². The first-order valence-electron chi connectivity index (χ1n) is 29.2. The average molecular weight is 1210 g/mol. The minimum atomic E-state index is -4.74. The van der Waals surface area contributed by atoms with E-state index in [4.69, 9.17) is 11.6 Å². The second-order valence-electron chi connectivity index (χ2n) is 23.7. The van der Waals surface area contributed by atoms with Crippen LogP contribution in [-0.2, 0) is 65.3 Å². The molecule has 4 fully saturated rings. The lowest BCUT2D eigenvalue weighted by Crippen LogP contribution is -2.64. The zero-order valence-corrected chi connectivity index (χ0v) is 51.4. The summed E-state index contributed by atoms with van der Waals surface area (Å²) in [5.41, 5.74) is -2.24. The van der Waals surface area contributed by atoms with E-state index < -0.39 is 155 Å². The Bertz CT molecular complexity index is 2630. The normalized spacial score (nSPS) is 28.0. The molecule has 2 heterocycles. The number of nitrogens with zero attached hydrogens (tertiary/aromatic N) is 7. The molecular weight excluding hydrogens is 1120 g/mol. The van der Waals surface area contributed by atoms with Crippen molar-refractivity contribution >= 4 is 76.6 Å². The van der Waals surface area contributed by atoms with Crippen molar-refractivity contribution in [3.05, 3.63) is 34.3 Å². The van der Waals surface area contributed by atoms with E-state index in [1.807, 2.05) is 6.92 Å². The van der Waals surface area contributed by atoms with E-state index in [1.165, 1.54) is 83.8 Å². The molecule has 11 amide bonds. The van der Waals surface area contributed by atoms with Crippen molar-refractivity contribution in [1.82, 2.24) is 55.6 Å². The monoisotopic (exact) mass is 1210 g/mol. The van der Waals surface area contributed by atoms with E-state index in [0.717, 1.165) is 44.6 Å². The summed E-state index contributed by atoms with van der Waals surface area (Å²) >= 11 is 6.07. The zero-order chi connectivity index (χ0) is 62.9. The number of amides is 11. The van der Waals surface area contributed by atoms with Crippen molar-refractivity contribution in [1.29, 1.82) is 0 Å². The molecule has 5 rings (SSSR count). The van der Waals surface area contributed by atoms with Crippen LogP contribution in [0.2, 0.25) is 5.02 Å². The van der Waals surface area contributed by atoms with Gasteiger partial charge in [0.15, 0.2) is 0 Å². The van der Waals surface area contributed by atoms with Gasteiger partial charge in [0.1, 0.15) is 47.8 Å². The highest BCUT2D eigenvalue weighted by atomic mass is 35.5. The number of hydrogen-bond acceptors (Lipinski definition) is 11. The number of benzene rings is 1. The third-order valence-corrected chi connectivity index (χ3v) is 18.1. The van der Waals surface area contributed by atoms with Crippen molar-refractivity contribution < 1.29 is 65.9 Å². The summed E-state index contributed by atoms with van der Waals surface area (Å²) in [6.07, 6.45) is 0.172. The minimum Gasteiger partial charge on any atom is -0.351 e. The van der Waals surface area contributed by atoms with Gasteiger partial charge in [-0.05, 0) is 109 Å². The summed E-state index contributed by atoms with van der Waals surface area (Å²) in [7, 11) is 8.29. The molecular formula is C58H87ClF3N11O11. The third kappa shape index (κ3) is 16.3. The predicted molar refractivity (Wildman–Crippen MR) is 305 cm³/mol. The third-order valence-electron chi connectivity index (χ3n) is 17.8. The van der Waals surface area contributed by atoms with Crippen LogP contribution in [0.15, 0.2) is 18.2 Å². The number of rotatable bonds is 6. The van der Waals surface area contributed by atoms with E-state index in [2.05, 4.69) is 21.3 Å². The van der Waals surface area contributed by atoms with Crippen LogP contribution < -0.4 is 21.3 Å². The van der Waals surface area contributed by atoms with Crippen LogP contribution >= 0.6 is 11.6 Å². The summed E-state index contributed by atoms with van der Waals surface area (Å²) < 4.78 is 41.1. The molecule has 4 aliphatic rings. The number of hydrogen-bond donors (Lipinski definition) is 4. The van der Waals surface area contributed by atoms with Crippen molar-refractivity contribution in [3.8, 4) is 0 Å². The number of carbonyl (C=O) groups excluding carboxylic acids is 11. The van der Waals surface area contributed by atoms with Gasteiger partial charge in [-0.2, -0.15) is 13.2 Å². The van der Waals surface area contributed by atoms with E-state index in [0.29, 0.717) is 44.1 Å². The van der Waals surface area contributed by atoms with Crippen molar-refractivity contribution in [2.45, 2.75) is 191 Å². The number of nitrogens with one attached hydrogen (secondary N) is 4. The summed E-state index contributed by atoms with van der Waals surface area (Å²) in [5, 5.41) is 10.9.